The Balaban J connectivity index is 2.59. The van der Waals surface area contributed by atoms with Crippen LogP contribution in [-0.2, 0) is 11.3 Å². The van der Waals surface area contributed by atoms with Crippen molar-refractivity contribution in [2.75, 3.05) is 0 Å². The van der Waals surface area contributed by atoms with Crippen LogP contribution in [0.4, 0.5) is 4.39 Å². The number of hydrogen-bond donors (Lipinski definition) is 2. The molecule has 1 unspecified atom stereocenters. The van der Waals surface area contributed by atoms with Gasteiger partial charge in [-0.2, -0.15) is 0 Å². The van der Waals surface area contributed by atoms with E-state index in [1.165, 1.54) is 12.1 Å². The van der Waals surface area contributed by atoms with Crippen molar-refractivity contribution >= 4 is 21.8 Å². The predicted octanol–water partition coefficient (Wildman–Crippen LogP) is 1.55. The summed E-state index contributed by atoms with van der Waals surface area (Å²) in [6.07, 6.45) is 5.23. The number of nitrogens with one attached hydrogen (secondary N) is 1. The molecule has 5 heteroatoms. The Morgan fingerprint density at radius 2 is 2.35 bits per heavy atom. The van der Waals surface area contributed by atoms with E-state index in [0.29, 0.717) is 5.56 Å². The van der Waals surface area contributed by atoms with E-state index in [1.807, 2.05) is 0 Å². The summed E-state index contributed by atoms with van der Waals surface area (Å²) in [5.41, 5.74) is 6.16. The maximum Gasteiger partial charge on any atom is 0.238 e. The van der Waals surface area contributed by atoms with E-state index in [9.17, 15) is 9.18 Å². The van der Waals surface area contributed by atoms with Gasteiger partial charge >= 0.3 is 0 Å². The van der Waals surface area contributed by atoms with Gasteiger partial charge in [-0.3, -0.25) is 4.79 Å². The standard InChI is InChI=1S/C12H12BrFN2O/c1-2-3-11(15)12(17)16-7-8-6-9(14)4-5-10(8)13/h1,4-6,11H,3,7,15H2,(H,16,17). The third kappa shape index (κ3) is 4.17. The van der Waals surface area contributed by atoms with Crippen LogP contribution < -0.4 is 11.1 Å². The number of benzene rings is 1. The summed E-state index contributed by atoms with van der Waals surface area (Å²) in [5.74, 6) is 1.61. The molecule has 0 saturated heterocycles. The Bertz CT molecular complexity index is 456. The van der Waals surface area contributed by atoms with E-state index >= 15 is 0 Å². The normalized spacial score (nSPS) is 11.6. The molecule has 1 aromatic carbocycles. The zero-order valence-electron chi connectivity index (χ0n) is 9.04. The number of nitrogens with two attached hydrogens (primary N) is 1. The summed E-state index contributed by atoms with van der Waals surface area (Å²) in [4.78, 5) is 11.5. The molecule has 3 N–H and O–H groups in total. The maximum absolute atomic E-state index is 13.0. The Morgan fingerprint density at radius 3 is 3.00 bits per heavy atom. The third-order valence-corrected chi connectivity index (χ3v) is 2.91. The van der Waals surface area contributed by atoms with Crippen LogP contribution in [0.3, 0.4) is 0 Å². The number of hydrogen-bond acceptors (Lipinski definition) is 2. The Morgan fingerprint density at radius 1 is 1.65 bits per heavy atom. The molecule has 17 heavy (non-hydrogen) atoms. The summed E-state index contributed by atoms with van der Waals surface area (Å²) in [7, 11) is 0. The van der Waals surface area contributed by atoms with E-state index in [1.54, 1.807) is 6.07 Å². The summed E-state index contributed by atoms with van der Waals surface area (Å²) >= 11 is 3.27. The predicted molar refractivity (Wildman–Crippen MR) is 67.4 cm³/mol. The van der Waals surface area contributed by atoms with Gasteiger partial charge in [-0.15, -0.1) is 12.3 Å². The molecule has 0 radical (unpaired) electrons. The molecular formula is C12H12BrFN2O. The van der Waals surface area contributed by atoms with Crippen molar-refractivity contribution < 1.29 is 9.18 Å². The molecule has 3 nitrogen and oxygen atoms in total. The zero-order valence-corrected chi connectivity index (χ0v) is 10.6. The highest BCUT2D eigenvalue weighted by atomic mass is 79.9. The lowest BCUT2D eigenvalue weighted by Gasteiger charge is -2.10. The second-order valence-electron chi connectivity index (χ2n) is 3.47. The van der Waals surface area contributed by atoms with Crippen molar-refractivity contribution in [3.05, 3.63) is 34.1 Å². The van der Waals surface area contributed by atoms with Crippen molar-refractivity contribution in [1.29, 1.82) is 0 Å². The van der Waals surface area contributed by atoms with Gasteiger partial charge in [0.1, 0.15) is 5.82 Å². The van der Waals surface area contributed by atoms with Crippen LogP contribution in [-0.4, -0.2) is 11.9 Å². The van der Waals surface area contributed by atoms with Crippen molar-refractivity contribution in [2.45, 2.75) is 19.0 Å². The second-order valence-corrected chi connectivity index (χ2v) is 4.32. The molecule has 0 aliphatic carbocycles. The third-order valence-electron chi connectivity index (χ3n) is 2.14. The Hall–Kier alpha value is -1.38. The van der Waals surface area contributed by atoms with Crippen LogP contribution in [0.15, 0.2) is 22.7 Å². The van der Waals surface area contributed by atoms with E-state index < -0.39 is 6.04 Å². The van der Waals surface area contributed by atoms with Gasteiger partial charge in [-0.1, -0.05) is 15.9 Å². The van der Waals surface area contributed by atoms with Gasteiger partial charge in [-0.25, -0.2) is 4.39 Å². The monoisotopic (exact) mass is 298 g/mol. The topological polar surface area (TPSA) is 55.1 Å². The summed E-state index contributed by atoms with van der Waals surface area (Å²) in [6.45, 7) is 0.204. The van der Waals surface area contributed by atoms with Gasteiger partial charge in [0.25, 0.3) is 0 Å². The minimum atomic E-state index is -0.729. The van der Waals surface area contributed by atoms with E-state index in [4.69, 9.17) is 12.2 Å². The van der Waals surface area contributed by atoms with Crippen LogP contribution in [0.2, 0.25) is 0 Å². The highest BCUT2D eigenvalue weighted by Crippen LogP contribution is 2.17. The summed E-state index contributed by atoms with van der Waals surface area (Å²) in [5, 5.41) is 2.60. The van der Waals surface area contributed by atoms with Gasteiger partial charge in [0, 0.05) is 17.4 Å². The number of carbonyl (C=O) groups is 1. The molecule has 0 heterocycles. The average Bonchev–Trinajstić information content (AvgIpc) is 2.30. The number of halogens is 2. The summed E-state index contributed by atoms with van der Waals surface area (Å²) < 4.78 is 13.7. The molecule has 0 aromatic heterocycles. The van der Waals surface area contributed by atoms with Gasteiger partial charge in [0.15, 0.2) is 0 Å². The number of carbonyl (C=O) groups excluding carboxylic acids is 1. The first-order valence-corrected chi connectivity index (χ1v) is 5.74. The van der Waals surface area contributed by atoms with Crippen LogP contribution >= 0.6 is 15.9 Å². The quantitative estimate of drug-likeness (QED) is 0.829. The zero-order chi connectivity index (χ0) is 12.8. The molecule has 0 saturated carbocycles. The molecular weight excluding hydrogens is 287 g/mol. The second kappa shape index (κ2) is 6.38. The first kappa shape index (κ1) is 13.7. The average molecular weight is 299 g/mol. The van der Waals surface area contributed by atoms with Crippen LogP contribution in [0.5, 0.6) is 0 Å². The fourth-order valence-corrected chi connectivity index (χ4v) is 1.60. The van der Waals surface area contributed by atoms with Crippen molar-refractivity contribution in [2.24, 2.45) is 5.73 Å². The highest BCUT2D eigenvalue weighted by molar-refractivity contribution is 9.10. The van der Waals surface area contributed by atoms with Crippen molar-refractivity contribution in [3.8, 4) is 12.3 Å². The van der Waals surface area contributed by atoms with Gasteiger partial charge in [-0.05, 0) is 23.8 Å². The van der Waals surface area contributed by atoms with Crippen LogP contribution in [0, 0.1) is 18.2 Å². The molecule has 0 aliphatic rings. The van der Waals surface area contributed by atoms with Gasteiger partial charge in [0.2, 0.25) is 5.91 Å². The smallest absolute Gasteiger partial charge is 0.238 e. The molecule has 0 bridgehead atoms. The van der Waals surface area contributed by atoms with E-state index in [-0.39, 0.29) is 24.7 Å². The lowest BCUT2D eigenvalue weighted by molar-refractivity contribution is -0.122. The van der Waals surface area contributed by atoms with Crippen molar-refractivity contribution in [3.63, 3.8) is 0 Å². The first-order valence-electron chi connectivity index (χ1n) is 4.95. The Kier molecular flexibility index (Phi) is 5.13. The molecule has 0 aliphatic heterocycles. The fraction of sp³-hybridized carbons (Fsp3) is 0.250. The number of amides is 1. The Labute approximate surface area is 108 Å². The molecule has 0 spiro atoms. The van der Waals surface area contributed by atoms with Crippen LogP contribution in [0.1, 0.15) is 12.0 Å². The molecule has 1 atom stereocenters. The van der Waals surface area contributed by atoms with Gasteiger partial charge in [0.05, 0.1) is 6.04 Å². The highest BCUT2D eigenvalue weighted by Gasteiger charge is 2.12. The molecule has 1 aromatic rings. The minimum absolute atomic E-state index is 0.177. The van der Waals surface area contributed by atoms with Gasteiger partial charge < -0.3 is 11.1 Å². The largest absolute Gasteiger partial charge is 0.351 e. The SMILES string of the molecule is C#CCC(N)C(=O)NCc1cc(F)ccc1Br. The van der Waals surface area contributed by atoms with E-state index in [2.05, 4.69) is 27.2 Å². The van der Waals surface area contributed by atoms with E-state index in [0.717, 1.165) is 4.47 Å². The minimum Gasteiger partial charge on any atom is -0.351 e. The molecule has 1 rings (SSSR count). The molecule has 90 valence electrons. The molecule has 0 fully saturated rings. The summed E-state index contributed by atoms with van der Waals surface area (Å²) in [6, 6.07) is 3.53. The fourth-order valence-electron chi connectivity index (χ4n) is 1.21. The number of terminal acetylenes is 1. The lowest BCUT2D eigenvalue weighted by Crippen LogP contribution is -2.39. The lowest BCUT2D eigenvalue weighted by atomic mass is 10.2. The first-order chi connectivity index (χ1) is 8.04. The molecule has 1 amide bonds. The number of rotatable bonds is 4. The van der Waals surface area contributed by atoms with Crippen LogP contribution in [0.25, 0.3) is 0 Å². The van der Waals surface area contributed by atoms with Crippen molar-refractivity contribution in [1.82, 2.24) is 5.32 Å². The maximum atomic E-state index is 13.0.